The molecule has 0 aliphatic carbocycles. The highest BCUT2D eigenvalue weighted by Gasteiger charge is 2.07. The van der Waals surface area contributed by atoms with E-state index in [1.54, 1.807) is 0 Å². The lowest BCUT2D eigenvalue weighted by Gasteiger charge is -2.19. The first kappa shape index (κ1) is 12.3. The van der Waals surface area contributed by atoms with E-state index >= 15 is 0 Å². The molecule has 0 bridgehead atoms. The minimum atomic E-state index is 0.649. The molecule has 0 aliphatic heterocycles. The Morgan fingerprint density at radius 2 is 2.20 bits per heavy atom. The Hall–Kier alpha value is -0.800. The topological polar surface area (TPSA) is 42.4 Å². The van der Waals surface area contributed by atoms with Crippen molar-refractivity contribution in [2.45, 2.75) is 26.8 Å². The molecule has 0 spiro atoms. The van der Waals surface area contributed by atoms with Gasteiger partial charge in [0, 0.05) is 6.54 Å². The summed E-state index contributed by atoms with van der Waals surface area (Å²) in [6.45, 7) is 6.92. The summed E-state index contributed by atoms with van der Waals surface area (Å²) < 4.78 is 5.53. The third kappa shape index (κ3) is 4.49. The van der Waals surface area contributed by atoms with Crippen LogP contribution in [-0.2, 0) is 6.54 Å². The molecule has 1 heterocycles. The summed E-state index contributed by atoms with van der Waals surface area (Å²) in [4.78, 5) is 2.28. The summed E-state index contributed by atoms with van der Waals surface area (Å²) in [5.74, 6) is 2.67. The monoisotopic (exact) mass is 210 g/mol. The predicted octanol–water partition coefficient (Wildman–Crippen LogP) is 2.00. The second-order valence-electron chi connectivity index (χ2n) is 4.39. The zero-order chi connectivity index (χ0) is 11.3. The molecule has 0 fully saturated rings. The molecular formula is C12H22N2O. The number of rotatable bonds is 6. The lowest BCUT2D eigenvalue weighted by atomic mass is 10.1. The van der Waals surface area contributed by atoms with Crippen LogP contribution in [0.5, 0.6) is 0 Å². The number of hydrogen-bond donors (Lipinski definition) is 1. The van der Waals surface area contributed by atoms with Crippen molar-refractivity contribution in [3.63, 3.8) is 0 Å². The Bertz CT molecular complexity index is 283. The maximum atomic E-state index is 5.53. The van der Waals surface area contributed by atoms with Crippen LogP contribution in [0.1, 0.15) is 24.9 Å². The van der Waals surface area contributed by atoms with E-state index in [0.29, 0.717) is 5.92 Å². The van der Waals surface area contributed by atoms with Gasteiger partial charge in [-0.15, -0.1) is 0 Å². The SMILES string of the molecule is Cc1ccc(CN(C)CC(C)CCN)o1. The summed E-state index contributed by atoms with van der Waals surface area (Å²) in [6, 6.07) is 4.05. The number of aryl methyl sites for hydroxylation is 1. The Morgan fingerprint density at radius 1 is 1.47 bits per heavy atom. The first-order valence-electron chi connectivity index (χ1n) is 5.55. The maximum Gasteiger partial charge on any atom is 0.118 e. The van der Waals surface area contributed by atoms with Gasteiger partial charge in [0.1, 0.15) is 11.5 Å². The van der Waals surface area contributed by atoms with E-state index in [1.165, 1.54) is 0 Å². The molecule has 0 saturated heterocycles. The van der Waals surface area contributed by atoms with E-state index in [1.807, 2.05) is 19.1 Å². The molecule has 2 N–H and O–H groups in total. The van der Waals surface area contributed by atoms with Crippen molar-refractivity contribution in [3.8, 4) is 0 Å². The molecule has 15 heavy (non-hydrogen) atoms. The molecule has 0 radical (unpaired) electrons. The average molecular weight is 210 g/mol. The molecule has 0 aromatic carbocycles. The molecule has 0 aliphatic rings. The minimum absolute atomic E-state index is 0.649. The number of nitrogens with zero attached hydrogens (tertiary/aromatic N) is 1. The zero-order valence-electron chi connectivity index (χ0n) is 9.99. The van der Waals surface area contributed by atoms with Crippen molar-refractivity contribution >= 4 is 0 Å². The Labute approximate surface area is 92.2 Å². The van der Waals surface area contributed by atoms with Gasteiger partial charge in [-0.2, -0.15) is 0 Å². The number of hydrogen-bond acceptors (Lipinski definition) is 3. The molecule has 0 amide bonds. The van der Waals surface area contributed by atoms with Crippen molar-refractivity contribution < 1.29 is 4.42 Å². The number of nitrogens with two attached hydrogens (primary N) is 1. The minimum Gasteiger partial charge on any atom is -0.465 e. The molecule has 3 nitrogen and oxygen atoms in total. The van der Waals surface area contributed by atoms with Crippen molar-refractivity contribution in [1.29, 1.82) is 0 Å². The van der Waals surface area contributed by atoms with Gasteiger partial charge in [-0.1, -0.05) is 6.92 Å². The average Bonchev–Trinajstić information content (AvgIpc) is 2.51. The highest BCUT2D eigenvalue weighted by Crippen LogP contribution is 2.10. The lowest BCUT2D eigenvalue weighted by molar-refractivity contribution is 0.251. The first-order chi connectivity index (χ1) is 7.11. The third-order valence-corrected chi connectivity index (χ3v) is 2.50. The summed E-state index contributed by atoms with van der Waals surface area (Å²) in [5.41, 5.74) is 5.52. The standard InChI is InChI=1S/C12H22N2O/c1-10(6-7-13)8-14(3)9-12-5-4-11(2)15-12/h4-5,10H,6-9,13H2,1-3H3. The summed E-state index contributed by atoms with van der Waals surface area (Å²) in [6.07, 6.45) is 1.08. The van der Waals surface area contributed by atoms with Crippen LogP contribution in [0.25, 0.3) is 0 Å². The maximum absolute atomic E-state index is 5.53. The molecule has 86 valence electrons. The van der Waals surface area contributed by atoms with Gasteiger partial charge >= 0.3 is 0 Å². The lowest BCUT2D eigenvalue weighted by Crippen LogP contribution is -2.25. The molecule has 1 atom stereocenters. The Kier molecular flexibility index (Phi) is 4.85. The normalized spacial score (nSPS) is 13.4. The highest BCUT2D eigenvalue weighted by molar-refractivity contribution is 5.05. The van der Waals surface area contributed by atoms with Crippen LogP contribution < -0.4 is 5.73 Å². The van der Waals surface area contributed by atoms with E-state index in [4.69, 9.17) is 10.2 Å². The van der Waals surface area contributed by atoms with Gasteiger partial charge in [-0.25, -0.2) is 0 Å². The summed E-state index contributed by atoms with van der Waals surface area (Å²) >= 11 is 0. The van der Waals surface area contributed by atoms with E-state index in [0.717, 1.165) is 37.6 Å². The first-order valence-corrected chi connectivity index (χ1v) is 5.55. The third-order valence-electron chi connectivity index (χ3n) is 2.50. The van der Waals surface area contributed by atoms with Crippen molar-refractivity contribution in [2.75, 3.05) is 20.1 Å². The van der Waals surface area contributed by atoms with Crippen LogP contribution in [-0.4, -0.2) is 25.0 Å². The molecule has 0 saturated carbocycles. The quantitative estimate of drug-likeness (QED) is 0.781. The second kappa shape index (κ2) is 5.93. The highest BCUT2D eigenvalue weighted by atomic mass is 16.3. The van der Waals surface area contributed by atoms with Gasteiger partial charge in [0.15, 0.2) is 0 Å². The number of furan rings is 1. The fourth-order valence-corrected chi connectivity index (χ4v) is 1.81. The van der Waals surface area contributed by atoms with Gasteiger partial charge in [0.25, 0.3) is 0 Å². The smallest absolute Gasteiger partial charge is 0.118 e. The van der Waals surface area contributed by atoms with Gasteiger partial charge < -0.3 is 10.2 Å². The largest absolute Gasteiger partial charge is 0.465 e. The van der Waals surface area contributed by atoms with Crippen LogP contribution in [0.3, 0.4) is 0 Å². The van der Waals surface area contributed by atoms with Crippen LogP contribution in [0.15, 0.2) is 16.5 Å². The van der Waals surface area contributed by atoms with E-state index in [9.17, 15) is 0 Å². The van der Waals surface area contributed by atoms with Gasteiger partial charge in [-0.3, -0.25) is 4.90 Å². The molecule has 1 aromatic rings. The van der Waals surface area contributed by atoms with E-state index in [2.05, 4.69) is 18.9 Å². The van der Waals surface area contributed by atoms with Crippen molar-refractivity contribution in [1.82, 2.24) is 4.90 Å². The molecule has 1 rings (SSSR count). The fraction of sp³-hybridized carbons (Fsp3) is 0.667. The van der Waals surface area contributed by atoms with Crippen LogP contribution in [0.2, 0.25) is 0 Å². The van der Waals surface area contributed by atoms with E-state index < -0.39 is 0 Å². The molecule has 1 unspecified atom stereocenters. The Balaban J connectivity index is 2.32. The zero-order valence-corrected chi connectivity index (χ0v) is 9.99. The van der Waals surface area contributed by atoms with Crippen LogP contribution in [0.4, 0.5) is 0 Å². The van der Waals surface area contributed by atoms with Crippen molar-refractivity contribution in [2.24, 2.45) is 11.7 Å². The van der Waals surface area contributed by atoms with Crippen LogP contribution >= 0.6 is 0 Å². The molecule has 1 aromatic heterocycles. The predicted molar refractivity (Wildman–Crippen MR) is 62.6 cm³/mol. The van der Waals surface area contributed by atoms with E-state index in [-0.39, 0.29) is 0 Å². The fourth-order valence-electron chi connectivity index (χ4n) is 1.81. The van der Waals surface area contributed by atoms with Gasteiger partial charge in [-0.05, 0) is 45.0 Å². The summed E-state index contributed by atoms with van der Waals surface area (Å²) in [5, 5.41) is 0. The van der Waals surface area contributed by atoms with Crippen LogP contribution in [0, 0.1) is 12.8 Å². The second-order valence-corrected chi connectivity index (χ2v) is 4.39. The Morgan fingerprint density at radius 3 is 2.73 bits per heavy atom. The van der Waals surface area contributed by atoms with Gasteiger partial charge in [0.2, 0.25) is 0 Å². The molecule has 3 heteroatoms. The van der Waals surface area contributed by atoms with Crippen molar-refractivity contribution in [3.05, 3.63) is 23.7 Å². The summed E-state index contributed by atoms with van der Waals surface area (Å²) in [7, 11) is 2.12. The van der Waals surface area contributed by atoms with Gasteiger partial charge in [0.05, 0.1) is 6.54 Å². The molecular weight excluding hydrogens is 188 g/mol.